The van der Waals surface area contributed by atoms with Crippen LogP contribution in [0.3, 0.4) is 0 Å². The molecule has 1 heterocycles. The Morgan fingerprint density at radius 2 is 2.19 bits per heavy atom. The Hall–Kier alpha value is -0.0900. The molecule has 1 aliphatic rings. The van der Waals surface area contributed by atoms with Crippen molar-refractivity contribution in [1.29, 1.82) is 0 Å². The minimum absolute atomic E-state index is 0.159. The van der Waals surface area contributed by atoms with Crippen LogP contribution in [0.15, 0.2) is 22.7 Å². The third-order valence-electron chi connectivity index (χ3n) is 4.55. The van der Waals surface area contributed by atoms with Gasteiger partial charge in [0, 0.05) is 40.7 Å². The number of nitrogens with one attached hydrogen (secondary N) is 1. The van der Waals surface area contributed by atoms with Gasteiger partial charge in [-0.2, -0.15) is 0 Å². The highest BCUT2D eigenvalue weighted by Gasteiger charge is 2.34. The topological polar surface area (TPSA) is 15.3 Å². The highest BCUT2D eigenvalue weighted by atomic mass is 79.9. The van der Waals surface area contributed by atoms with Gasteiger partial charge in [0.2, 0.25) is 0 Å². The molecule has 21 heavy (non-hydrogen) atoms. The van der Waals surface area contributed by atoms with Crippen molar-refractivity contribution < 1.29 is 0 Å². The van der Waals surface area contributed by atoms with Crippen molar-refractivity contribution in [2.45, 2.75) is 52.2 Å². The molecule has 1 N–H and O–H groups in total. The molecule has 2 nitrogen and oxygen atoms in total. The predicted molar refractivity (Wildman–Crippen MR) is 94.9 cm³/mol. The molecule has 2 atom stereocenters. The van der Waals surface area contributed by atoms with E-state index in [1.807, 2.05) is 6.07 Å². The van der Waals surface area contributed by atoms with Crippen LogP contribution >= 0.6 is 27.5 Å². The van der Waals surface area contributed by atoms with Crippen molar-refractivity contribution in [2.24, 2.45) is 5.92 Å². The standard InChI is InChI=1S/C17H26BrClN2/c1-5-12(2)16-9-20-17(3,4)11-21(16)10-13-6-7-14(18)8-15(13)19/h6-8,12,16,20H,5,9-11H2,1-4H3. The van der Waals surface area contributed by atoms with Gasteiger partial charge in [-0.25, -0.2) is 0 Å². The second-order valence-corrected chi connectivity index (χ2v) is 8.18. The predicted octanol–water partition coefficient (Wildman–Crippen LogP) is 4.70. The molecule has 0 aliphatic carbocycles. The molecule has 2 unspecified atom stereocenters. The van der Waals surface area contributed by atoms with Gasteiger partial charge < -0.3 is 5.32 Å². The number of hydrogen-bond donors (Lipinski definition) is 1. The molecule has 0 aromatic heterocycles. The van der Waals surface area contributed by atoms with Gasteiger partial charge in [-0.05, 0) is 37.5 Å². The highest BCUT2D eigenvalue weighted by Crippen LogP contribution is 2.27. The molecular formula is C17H26BrClN2. The van der Waals surface area contributed by atoms with E-state index in [2.05, 4.69) is 66.0 Å². The number of nitrogens with zero attached hydrogens (tertiary/aromatic N) is 1. The maximum absolute atomic E-state index is 6.41. The zero-order chi connectivity index (χ0) is 15.6. The molecule has 118 valence electrons. The van der Waals surface area contributed by atoms with Gasteiger partial charge >= 0.3 is 0 Å². The van der Waals surface area contributed by atoms with Gasteiger partial charge in [0.25, 0.3) is 0 Å². The van der Waals surface area contributed by atoms with Gasteiger partial charge in [-0.15, -0.1) is 0 Å². The van der Waals surface area contributed by atoms with Crippen LogP contribution in [-0.2, 0) is 6.54 Å². The van der Waals surface area contributed by atoms with Crippen molar-refractivity contribution >= 4 is 27.5 Å². The molecule has 2 rings (SSSR count). The second-order valence-electron chi connectivity index (χ2n) is 6.86. The van der Waals surface area contributed by atoms with Gasteiger partial charge in [-0.3, -0.25) is 4.90 Å². The Balaban J connectivity index is 2.19. The minimum Gasteiger partial charge on any atom is -0.309 e. The van der Waals surface area contributed by atoms with E-state index in [0.717, 1.165) is 29.1 Å². The van der Waals surface area contributed by atoms with E-state index in [9.17, 15) is 0 Å². The van der Waals surface area contributed by atoms with E-state index in [4.69, 9.17) is 11.6 Å². The Morgan fingerprint density at radius 3 is 2.81 bits per heavy atom. The summed E-state index contributed by atoms with van der Waals surface area (Å²) in [6.07, 6.45) is 1.21. The van der Waals surface area contributed by atoms with E-state index in [1.54, 1.807) is 0 Å². The molecule has 0 bridgehead atoms. The third-order valence-corrected chi connectivity index (χ3v) is 5.39. The summed E-state index contributed by atoms with van der Waals surface area (Å²) < 4.78 is 1.04. The van der Waals surface area contributed by atoms with E-state index in [-0.39, 0.29) is 5.54 Å². The Morgan fingerprint density at radius 1 is 1.48 bits per heavy atom. The van der Waals surface area contributed by atoms with Gasteiger partial charge in [0.05, 0.1) is 0 Å². The van der Waals surface area contributed by atoms with Crippen molar-refractivity contribution in [3.05, 3.63) is 33.3 Å². The molecule has 0 amide bonds. The molecule has 0 radical (unpaired) electrons. The summed E-state index contributed by atoms with van der Waals surface area (Å²) >= 11 is 9.89. The fourth-order valence-electron chi connectivity index (χ4n) is 3.07. The normalized spacial score (nSPS) is 24.0. The fourth-order valence-corrected chi connectivity index (χ4v) is 3.80. The zero-order valence-electron chi connectivity index (χ0n) is 13.4. The molecular weight excluding hydrogens is 348 g/mol. The van der Waals surface area contributed by atoms with Crippen LogP contribution in [0.5, 0.6) is 0 Å². The first-order valence-electron chi connectivity index (χ1n) is 7.75. The Labute approximate surface area is 142 Å². The molecule has 4 heteroatoms. The summed E-state index contributed by atoms with van der Waals surface area (Å²) in [7, 11) is 0. The van der Waals surface area contributed by atoms with Crippen LogP contribution in [-0.4, -0.2) is 29.6 Å². The van der Waals surface area contributed by atoms with Crippen molar-refractivity contribution in [1.82, 2.24) is 10.2 Å². The molecule has 1 aromatic carbocycles. The van der Waals surface area contributed by atoms with Gasteiger partial charge in [-0.1, -0.05) is 53.9 Å². The average molecular weight is 374 g/mol. The second kappa shape index (κ2) is 6.99. The SMILES string of the molecule is CCC(C)C1CNC(C)(C)CN1Cc1ccc(Br)cc1Cl. The molecule has 1 aromatic rings. The Kier molecular flexibility index (Phi) is 5.75. The number of rotatable bonds is 4. The first kappa shape index (κ1) is 17.3. The van der Waals surface area contributed by atoms with Crippen LogP contribution in [0.1, 0.15) is 39.7 Å². The first-order chi connectivity index (χ1) is 9.82. The van der Waals surface area contributed by atoms with E-state index < -0.39 is 0 Å². The van der Waals surface area contributed by atoms with Crippen LogP contribution in [0, 0.1) is 5.92 Å². The lowest BCUT2D eigenvalue weighted by molar-refractivity contribution is 0.0571. The molecule has 1 aliphatic heterocycles. The van der Waals surface area contributed by atoms with E-state index in [0.29, 0.717) is 12.0 Å². The average Bonchev–Trinajstić information content (AvgIpc) is 2.40. The monoisotopic (exact) mass is 372 g/mol. The van der Waals surface area contributed by atoms with Crippen LogP contribution < -0.4 is 5.32 Å². The minimum atomic E-state index is 0.159. The summed E-state index contributed by atoms with van der Waals surface area (Å²) in [5.74, 6) is 0.683. The largest absolute Gasteiger partial charge is 0.309 e. The lowest BCUT2D eigenvalue weighted by Crippen LogP contribution is -2.62. The van der Waals surface area contributed by atoms with E-state index in [1.165, 1.54) is 12.0 Å². The summed E-state index contributed by atoms with van der Waals surface area (Å²) in [4.78, 5) is 2.60. The quantitative estimate of drug-likeness (QED) is 0.823. The maximum atomic E-state index is 6.41. The number of halogens is 2. The van der Waals surface area contributed by atoms with Crippen molar-refractivity contribution in [2.75, 3.05) is 13.1 Å². The first-order valence-corrected chi connectivity index (χ1v) is 8.92. The molecule has 0 spiro atoms. The van der Waals surface area contributed by atoms with Crippen LogP contribution in [0.25, 0.3) is 0 Å². The summed E-state index contributed by atoms with van der Waals surface area (Å²) in [5, 5.41) is 4.53. The Bertz CT molecular complexity index is 490. The van der Waals surface area contributed by atoms with Crippen LogP contribution in [0.4, 0.5) is 0 Å². The smallest absolute Gasteiger partial charge is 0.0462 e. The summed E-state index contributed by atoms with van der Waals surface area (Å²) in [6, 6.07) is 6.77. The van der Waals surface area contributed by atoms with Crippen LogP contribution in [0.2, 0.25) is 5.02 Å². The lowest BCUT2D eigenvalue weighted by Gasteiger charge is -2.47. The van der Waals surface area contributed by atoms with Gasteiger partial charge in [0.1, 0.15) is 0 Å². The third kappa shape index (κ3) is 4.44. The highest BCUT2D eigenvalue weighted by molar-refractivity contribution is 9.10. The van der Waals surface area contributed by atoms with Crippen molar-refractivity contribution in [3.63, 3.8) is 0 Å². The van der Waals surface area contributed by atoms with E-state index >= 15 is 0 Å². The fraction of sp³-hybridized carbons (Fsp3) is 0.647. The maximum Gasteiger partial charge on any atom is 0.0462 e. The van der Waals surface area contributed by atoms with Gasteiger partial charge in [0.15, 0.2) is 0 Å². The number of benzene rings is 1. The molecule has 1 fully saturated rings. The summed E-state index contributed by atoms with van der Waals surface area (Å²) in [6.45, 7) is 12.2. The number of piperazine rings is 1. The number of hydrogen-bond acceptors (Lipinski definition) is 2. The lowest BCUT2D eigenvalue weighted by atomic mass is 9.90. The summed E-state index contributed by atoms with van der Waals surface area (Å²) in [5.41, 5.74) is 1.37. The zero-order valence-corrected chi connectivity index (χ0v) is 15.8. The molecule has 0 saturated carbocycles. The molecule has 1 saturated heterocycles. The van der Waals surface area contributed by atoms with Crippen molar-refractivity contribution in [3.8, 4) is 0 Å².